The molecule has 8 nitrogen and oxygen atoms in total. The van der Waals surface area contributed by atoms with E-state index in [1.165, 1.54) is 39.5 Å². The van der Waals surface area contributed by atoms with Gasteiger partial charge in [-0.25, -0.2) is 0 Å². The van der Waals surface area contributed by atoms with E-state index in [4.69, 9.17) is 38.0 Å². The number of hydrazine groups is 1. The predicted molar refractivity (Wildman–Crippen MR) is 118 cm³/mol. The van der Waals surface area contributed by atoms with E-state index in [2.05, 4.69) is 16.2 Å². The Balaban J connectivity index is 1.93. The van der Waals surface area contributed by atoms with E-state index in [1.807, 2.05) is 0 Å². The van der Waals surface area contributed by atoms with Gasteiger partial charge in [0.05, 0.1) is 21.3 Å². The molecule has 0 saturated heterocycles. The molecule has 0 fully saturated rings. The average Bonchev–Trinajstić information content (AvgIpc) is 2.75. The number of hydrogen-bond acceptors (Lipinski definition) is 6. The quantitative estimate of drug-likeness (QED) is 0.354. The van der Waals surface area contributed by atoms with Crippen LogP contribution in [0.3, 0.4) is 0 Å². The Morgan fingerprint density at radius 3 is 2.10 bits per heavy atom. The van der Waals surface area contributed by atoms with Gasteiger partial charge >= 0.3 is 0 Å². The van der Waals surface area contributed by atoms with Gasteiger partial charge in [0, 0.05) is 16.7 Å². The van der Waals surface area contributed by atoms with E-state index >= 15 is 0 Å². The Morgan fingerprint density at radius 2 is 1.57 bits per heavy atom. The molecule has 0 radical (unpaired) electrons. The fraction of sp³-hybridized carbons (Fsp3) is 0.150. The predicted octanol–water partition coefficient (Wildman–Crippen LogP) is 2.71. The summed E-state index contributed by atoms with van der Waals surface area (Å²) in [6.07, 6.45) is 2.90. The molecule has 0 saturated carbocycles. The molecule has 3 N–H and O–H groups in total. The highest BCUT2D eigenvalue weighted by atomic mass is 35.5. The monoisotopic (exact) mass is 449 g/mol. The number of hydrogen-bond donors (Lipinski definition) is 3. The van der Waals surface area contributed by atoms with Crippen LogP contribution in [0, 0.1) is 0 Å². The Kier molecular flexibility index (Phi) is 8.45. The molecule has 0 aromatic heterocycles. The number of carbonyl (C=O) groups is 2. The summed E-state index contributed by atoms with van der Waals surface area (Å²) in [7, 11) is 4.35. The first-order valence-corrected chi connectivity index (χ1v) is 9.31. The number of ether oxygens (including phenoxy) is 3. The van der Waals surface area contributed by atoms with Gasteiger partial charge in [-0.2, -0.15) is 0 Å². The molecule has 0 bridgehead atoms. The van der Waals surface area contributed by atoms with E-state index in [9.17, 15) is 9.59 Å². The molecule has 2 rings (SSSR count). The van der Waals surface area contributed by atoms with E-state index in [0.717, 1.165) is 5.56 Å². The van der Waals surface area contributed by atoms with Gasteiger partial charge in [-0.05, 0) is 48.1 Å². The molecule has 2 aromatic rings. The Hall–Kier alpha value is -3.30. The van der Waals surface area contributed by atoms with Crippen molar-refractivity contribution in [2.75, 3.05) is 21.3 Å². The molecule has 0 aliphatic carbocycles. The van der Waals surface area contributed by atoms with Crippen LogP contribution in [-0.2, 0) is 4.79 Å². The molecule has 0 atom stereocenters. The fourth-order valence-corrected chi connectivity index (χ4v) is 2.61. The topological polar surface area (TPSA) is 97.9 Å². The smallest absolute Gasteiger partial charge is 0.269 e. The summed E-state index contributed by atoms with van der Waals surface area (Å²) < 4.78 is 15.6. The zero-order valence-electron chi connectivity index (χ0n) is 16.4. The van der Waals surface area contributed by atoms with Gasteiger partial charge in [-0.3, -0.25) is 25.8 Å². The summed E-state index contributed by atoms with van der Waals surface area (Å²) in [5.41, 5.74) is 5.87. The highest BCUT2D eigenvalue weighted by Crippen LogP contribution is 2.38. The molecule has 0 spiro atoms. The van der Waals surface area contributed by atoms with Gasteiger partial charge in [-0.15, -0.1) is 0 Å². The van der Waals surface area contributed by atoms with Crippen molar-refractivity contribution in [1.82, 2.24) is 16.2 Å². The third-order valence-corrected chi connectivity index (χ3v) is 4.21. The second-order valence-corrected chi connectivity index (χ2v) is 6.54. The zero-order chi connectivity index (χ0) is 22.1. The SMILES string of the molecule is COc1cc(C(=O)NNC(=S)NC(=O)/C=C/c2ccc(Cl)cc2)cc(OC)c1OC. The van der Waals surface area contributed by atoms with Crippen molar-refractivity contribution in [2.45, 2.75) is 0 Å². The van der Waals surface area contributed by atoms with Gasteiger partial charge in [0.1, 0.15) is 0 Å². The van der Waals surface area contributed by atoms with Crippen LogP contribution < -0.4 is 30.4 Å². The molecule has 0 aliphatic rings. The van der Waals surface area contributed by atoms with Crippen LogP contribution in [0.1, 0.15) is 15.9 Å². The summed E-state index contributed by atoms with van der Waals surface area (Å²) in [5, 5.41) is 2.94. The van der Waals surface area contributed by atoms with Crippen LogP contribution >= 0.6 is 23.8 Å². The van der Waals surface area contributed by atoms with Gasteiger partial charge < -0.3 is 14.2 Å². The first-order chi connectivity index (χ1) is 14.4. The van der Waals surface area contributed by atoms with E-state index in [1.54, 1.807) is 30.3 Å². The lowest BCUT2D eigenvalue weighted by Gasteiger charge is -2.14. The zero-order valence-corrected chi connectivity index (χ0v) is 18.0. The molecule has 2 aromatic carbocycles. The second-order valence-electron chi connectivity index (χ2n) is 5.70. The lowest BCUT2D eigenvalue weighted by Crippen LogP contribution is -2.48. The normalized spacial score (nSPS) is 10.3. The number of nitrogens with one attached hydrogen (secondary N) is 3. The standard InChI is InChI=1S/C20H20ClN3O5S/c1-27-15-10-13(11-16(28-2)18(15)29-3)19(26)23-24-20(30)22-17(25)9-6-12-4-7-14(21)8-5-12/h4-11H,1-3H3,(H,23,26)(H2,22,24,25,30)/b9-6+. The molecule has 0 heterocycles. The van der Waals surface area contributed by atoms with Crippen molar-refractivity contribution in [3.63, 3.8) is 0 Å². The van der Waals surface area contributed by atoms with Crippen LogP contribution in [0.4, 0.5) is 0 Å². The van der Waals surface area contributed by atoms with Crippen molar-refractivity contribution < 1.29 is 23.8 Å². The number of rotatable bonds is 6. The number of halogens is 1. The van der Waals surface area contributed by atoms with Crippen molar-refractivity contribution in [3.8, 4) is 17.2 Å². The highest BCUT2D eigenvalue weighted by molar-refractivity contribution is 7.80. The first kappa shape index (κ1) is 23.0. The average molecular weight is 450 g/mol. The maximum absolute atomic E-state index is 12.4. The molecule has 0 aliphatic heterocycles. The van der Waals surface area contributed by atoms with Gasteiger partial charge in [-0.1, -0.05) is 23.7 Å². The Bertz CT molecular complexity index is 938. The molecule has 158 valence electrons. The van der Waals surface area contributed by atoms with Crippen molar-refractivity contribution in [1.29, 1.82) is 0 Å². The van der Waals surface area contributed by atoms with Crippen LogP contribution in [0.5, 0.6) is 17.2 Å². The third kappa shape index (κ3) is 6.36. The highest BCUT2D eigenvalue weighted by Gasteiger charge is 2.17. The van der Waals surface area contributed by atoms with Crippen LogP contribution in [-0.4, -0.2) is 38.3 Å². The van der Waals surface area contributed by atoms with Gasteiger partial charge in [0.2, 0.25) is 11.7 Å². The molecule has 0 unspecified atom stereocenters. The lowest BCUT2D eigenvalue weighted by molar-refractivity contribution is -0.115. The number of methoxy groups -OCH3 is 3. The van der Waals surface area contributed by atoms with Crippen LogP contribution in [0.15, 0.2) is 42.5 Å². The van der Waals surface area contributed by atoms with Crippen LogP contribution in [0.2, 0.25) is 5.02 Å². The van der Waals surface area contributed by atoms with E-state index in [-0.39, 0.29) is 10.7 Å². The van der Waals surface area contributed by atoms with E-state index < -0.39 is 11.8 Å². The van der Waals surface area contributed by atoms with Crippen molar-refractivity contribution in [2.24, 2.45) is 0 Å². The summed E-state index contributed by atoms with van der Waals surface area (Å²) >= 11 is 10.8. The molecule has 2 amide bonds. The van der Waals surface area contributed by atoms with Crippen LogP contribution in [0.25, 0.3) is 6.08 Å². The van der Waals surface area contributed by atoms with Gasteiger partial charge in [0.25, 0.3) is 5.91 Å². The largest absolute Gasteiger partial charge is 0.493 e. The molecule has 30 heavy (non-hydrogen) atoms. The lowest BCUT2D eigenvalue weighted by atomic mass is 10.1. The molecular formula is C20H20ClN3O5S. The number of thiocarbonyl (C=S) groups is 1. The summed E-state index contributed by atoms with van der Waals surface area (Å²) in [6.45, 7) is 0. The molecular weight excluding hydrogens is 430 g/mol. The number of benzene rings is 2. The Morgan fingerprint density at radius 1 is 0.967 bits per heavy atom. The van der Waals surface area contributed by atoms with Crippen molar-refractivity contribution >= 4 is 46.8 Å². The fourth-order valence-electron chi connectivity index (χ4n) is 2.33. The third-order valence-electron chi connectivity index (χ3n) is 3.75. The maximum Gasteiger partial charge on any atom is 0.269 e. The number of amides is 2. The summed E-state index contributed by atoms with van der Waals surface area (Å²) in [6, 6.07) is 9.92. The minimum atomic E-state index is -0.525. The first-order valence-electron chi connectivity index (χ1n) is 8.53. The van der Waals surface area contributed by atoms with Crippen molar-refractivity contribution in [3.05, 3.63) is 58.6 Å². The Labute approximate surface area is 184 Å². The van der Waals surface area contributed by atoms with Gasteiger partial charge in [0.15, 0.2) is 16.6 Å². The second kappa shape index (κ2) is 11.0. The maximum atomic E-state index is 12.4. The minimum Gasteiger partial charge on any atom is -0.493 e. The summed E-state index contributed by atoms with van der Waals surface area (Å²) in [5.74, 6) is 0.0160. The number of carbonyl (C=O) groups excluding carboxylic acids is 2. The summed E-state index contributed by atoms with van der Waals surface area (Å²) in [4.78, 5) is 24.3. The minimum absolute atomic E-state index is 0.0819. The van der Waals surface area contributed by atoms with E-state index in [0.29, 0.717) is 22.3 Å². The molecule has 10 heteroatoms.